The Hall–Kier alpha value is -2.12. The van der Waals surface area contributed by atoms with Crippen LogP contribution in [-0.4, -0.2) is 36.0 Å². The van der Waals surface area contributed by atoms with Crippen molar-refractivity contribution < 1.29 is 27.2 Å². The third kappa shape index (κ3) is 5.22. The molecule has 23 heavy (non-hydrogen) atoms. The van der Waals surface area contributed by atoms with Crippen molar-refractivity contribution in [2.75, 3.05) is 13.1 Å². The first-order valence-corrected chi connectivity index (χ1v) is 7.11. The fourth-order valence-corrected chi connectivity index (χ4v) is 2.47. The Morgan fingerprint density at radius 1 is 1.35 bits per heavy atom. The Labute approximate surface area is 130 Å². The first kappa shape index (κ1) is 17.2. The smallest absolute Gasteiger partial charge is 0.347 e. The first-order chi connectivity index (χ1) is 10.7. The molecule has 1 aliphatic rings. The number of halogens is 4. The van der Waals surface area contributed by atoms with E-state index in [0.717, 1.165) is 0 Å². The normalized spacial score (nSPS) is 18.9. The lowest BCUT2D eigenvalue weighted by atomic mass is 9.96. The zero-order chi connectivity index (χ0) is 17.0. The van der Waals surface area contributed by atoms with E-state index >= 15 is 0 Å². The minimum Gasteiger partial charge on any atom is -0.347 e. The molecule has 4 nitrogen and oxygen atoms in total. The van der Waals surface area contributed by atoms with Gasteiger partial charge >= 0.3 is 6.18 Å². The van der Waals surface area contributed by atoms with Gasteiger partial charge in [0.25, 0.3) is 0 Å². The van der Waals surface area contributed by atoms with Gasteiger partial charge in [0.2, 0.25) is 11.8 Å². The maximum atomic E-state index is 13.2. The lowest BCUT2D eigenvalue weighted by Crippen LogP contribution is -2.46. The van der Waals surface area contributed by atoms with E-state index in [2.05, 4.69) is 0 Å². The van der Waals surface area contributed by atoms with Crippen molar-refractivity contribution in [2.24, 2.45) is 5.92 Å². The van der Waals surface area contributed by atoms with Crippen molar-refractivity contribution in [3.63, 3.8) is 0 Å². The number of piperidine rings is 1. The van der Waals surface area contributed by atoms with Crippen LogP contribution in [0.3, 0.4) is 0 Å². The van der Waals surface area contributed by atoms with E-state index in [-0.39, 0.29) is 31.8 Å². The van der Waals surface area contributed by atoms with Crippen molar-refractivity contribution in [3.8, 4) is 0 Å². The van der Waals surface area contributed by atoms with Crippen molar-refractivity contribution in [3.05, 3.63) is 35.6 Å². The highest BCUT2D eigenvalue weighted by Gasteiger charge is 2.33. The average Bonchev–Trinajstić information content (AvgIpc) is 2.46. The van der Waals surface area contributed by atoms with Crippen LogP contribution in [0.25, 0.3) is 0 Å². The largest absolute Gasteiger partial charge is 0.405 e. The second kappa shape index (κ2) is 6.97. The summed E-state index contributed by atoms with van der Waals surface area (Å²) < 4.78 is 49.6. The van der Waals surface area contributed by atoms with E-state index in [1.807, 2.05) is 5.32 Å². The van der Waals surface area contributed by atoms with Crippen LogP contribution in [0, 0.1) is 11.7 Å². The summed E-state index contributed by atoms with van der Waals surface area (Å²) in [6, 6.07) is 5.70. The Morgan fingerprint density at radius 3 is 2.74 bits per heavy atom. The summed E-state index contributed by atoms with van der Waals surface area (Å²) in [5.41, 5.74) is 0.565. The molecule has 1 aromatic carbocycles. The molecule has 1 fully saturated rings. The highest BCUT2D eigenvalue weighted by Crippen LogP contribution is 2.21. The van der Waals surface area contributed by atoms with Crippen molar-refractivity contribution in [2.45, 2.75) is 25.6 Å². The number of hydrogen-bond donors (Lipinski definition) is 1. The van der Waals surface area contributed by atoms with Gasteiger partial charge in [0, 0.05) is 19.5 Å². The summed E-state index contributed by atoms with van der Waals surface area (Å²) in [7, 11) is 0. The van der Waals surface area contributed by atoms with E-state index in [9.17, 15) is 27.2 Å². The third-order valence-corrected chi connectivity index (χ3v) is 3.60. The standard InChI is InChI=1S/C15H16F4N2O2/c16-12-3-1-2-10(6-12)7-21-8-11(4-5-13(21)22)14(23)20-9-15(17,18)19/h1-3,6,11H,4-5,7-9H2,(H,20,23)/t11-/m0/s1. The number of hydrogen-bond acceptors (Lipinski definition) is 2. The molecule has 0 bridgehead atoms. The Morgan fingerprint density at radius 2 is 2.09 bits per heavy atom. The van der Waals surface area contributed by atoms with Crippen LogP contribution in [0.2, 0.25) is 0 Å². The van der Waals surface area contributed by atoms with Crippen LogP contribution < -0.4 is 5.32 Å². The number of rotatable bonds is 4. The molecular formula is C15H16F4N2O2. The Balaban J connectivity index is 1.96. The van der Waals surface area contributed by atoms with Crippen LogP contribution in [0.5, 0.6) is 0 Å². The summed E-state index contributed by atoms with van der Waals surface area (Å²) in [4.78, 5) is 25.1. The van der Waals surface area contributed by atoms with E-state index in [1.165, 1.54) is 23.1 Å². The van der Waals surface area contributed by atoms with Gasteiger partial charge in [-0.15, -0.1) is 0 Å². The second-order valence-corrected chi connectivity index (χ2v) is 5.47. The molecule has 1 atom stereocenters. The molecule has 1 heterocycles. The molecule has 0 unspecified atom stereocenters. The van der Waals surface area contributed by atoms with E-state index in [4.69, 9.17) is 0 Å². The number of nitrogens with zero attached hydrogens (tertiary/aromatic N) is 1. The van der Waals surface area contributed by atoms with Crippen LogP contribution in [0.1, 0.15) is 18.4 Å². The highest BCUT2D eigenvalue weighted by atomic mass is 19.4. The number of likely N-dealkylation sites (tertiary alicyclic amines) is 1. The van der Waals surface area contributed by atoms with Gasteiger partial charge in [-0.3, -0.25) is 9.59 Å². The van der Waals surface area contributed by atoms with E-state index in [1.54, 1.807) is 6.07 Å². The van der Waals surface area contributed by atoms with Crippen molar-refractivity contribution >= 4 is 11.8 Å². The topological polar surface area (TPSA) is 49.4 Å². The molecule has 2 rings (SSSR count). The molecule has 0 aromatic heterocycles. The molecule has 1 saturated heterocycles. The van der Waals surface area contributed by atoms with Crippen LogP contribution >= 0.6 is 0 Å². The first-order valence-electron chi connectivity index (χ1n) is 7.11. The molecular weight excluding hydrogens is 316 g/mol. The lowest BCUT2D eigenvalue weighted by molar-refractivity contribution is -0.145. The number of amides is 2. The number of carbonyl (C=O) groups excluding carboxylic acids is 2. The maximum Gasteiger partial charge on any atom is 0.405 e. The zero-order valence-electron chi connectivity index (χ0n) is 12.2. The van der Waals surface area contributed by atoms with Gasteiger partial charge in [-0.25, -0.2) is 4.39 Å². The van der Waals surface area contributed by atoms with E-state index < -0.39 is 30.4 Å². The molecule has 1 N–H and O–H groups in total. The fourth-order valence-electron chi connectivity index (χ4n) is 2.47. The minimum absolute atomic E-state index is 0.0268. The molecule has 0 saturated carbocycles. The number of carbonyl (C=O) groups is 2. The summed E-state index contributed by atoms with van der Waals surface area (Å²) in [5.74, 6) is -2.05. The summed E-state index contributed by atoms with van der Waals surface area (Å²) in [6.07, 6.45) is -4.18. The van der Waals surface area contributed by atoms with Crippen molar-refractivity contribution in [1.82, 2.24) is 10.2 Å². The number of benzene rings is 1. The molecule has 0 radical (unpaired) electrons. The lowest BCUT2D eigenvalue weighted by Gasteiger charge is -2.32. The molecule has 126 valence electrons. The number of nitrogens with one attached hydrogen (secondary N) is 1. The van der Waals surface area contributed by atoms with Crippen LogP contribution in [-0.2, 0) is 16.1 Å². The van der Waals surface area contributed by atoms with Gasteiger partial charge in [-0.2, -0.15) is 13.2 Å². The quantitative estimate of drug-likeness (QED) is 0.860. The van der Waals surface area contributed by atoms with Crippen LogP contribution in [0.4, 0.5) is 17.6 Å². The third-order valence-electron chi connectivity index (χ3n) is 3.60. The number of alkyl halides is 3. The second-order valence-electron chi connectivity index (χ2n) is 5.47. The maximum absolute atomic E-state index is 13.2. The van der Waals surface area contributed by atoms with Gasteiger partial charge in [0.15, 0.2) is 0 Å². The summed E-state index contributed by atoms with van der Waals surface area (Å²) >= 11 is 0. The Bertz CT molecular complexity index is 589. The fraction of sp³-hybridized carbons (Fsp3) is 0.467. The van der Waals surface area contributed by atoms with Gasteiger partial charge in [-0.05, 0) is 24.1 Å². The predicted octanol–water partition coefficient (Wildman–Crippen LogP) is 2.24. The predicted molar refractivity (Wildman–Crippen MR) is 73.6 cm³/mol. The zero-order valence-corrected chi connectivity index (χ0v) is 12.2. The van der Waals surface area contributed by atoms with Gasteiger partial charge in [-0.1, -0.05) is 12.1 Å². The van der Waals surface area contributed by atoms with Gasteiger partial charge in [0.1, 0.15) is 12.4 Å². The molecule has 1 aromatic rings. The van der Waals surface area contributed by atoms with Gasteiger partial charge < -0.3 is 10.2 Å². The minimum atomic E-state index is -4.47. The van der Waals surface area contributed by atoms with Gasteiger partial charge in [0.05, 0.1) is 5.92 Å². The van der Waals surface area contributed by atoms with Crippen LogP contribution in [0.15, 0.2) is 24.3 Å². The molecule has 1 aliphatic heterocycles. The SMILES string of the molecule is O=C(NCC(F)(F)F)[C@H]1CCC(=O)N(Cc2cccc(F)c2)C1. The summed E-state index contributed by atoms with van der Waals surface area (Å²) in [6.45, 7) is -1.24. The Kier molecular flexibility index (Phi) is 5.23. The monoisotopic (exact) mass is 332 g/mol. The average molecular weight is 332 g/mol. The molecule has 8 heteroatoms. The van der Waals surface area contributed by atoms with E-state index in [0.29, 0.717) is 5.56 Å². The highest BCUT2D eigenvalue weighted by molar-refractivity contribution is 5.83. The summed E-state index contributed by atoms with van der Waals surface area (Å²) in [5, 5.41) is 1.84. The van der Waals surface area contributed by atoms with Crippen molar-refractivity contribution in [1.29, 1.82) is 0 Å². The molecule has 0 spiro atoms. The molecule has 0 aliphatic carbocycles. The molecule has 2 amide bonds.